The summed E-state index contributed by atoms with van der Waals surface area (Å²) in [6, 6.07) is 0.491. The van der Waals surface area contributed by atoms with Crippen molar-refractivity contribution in [1.82, 2.24) is 10.2 Å². The maximum Gasteiger partial charge on any atom is 0.0589 e. The Morgan fingerprint density at radius 2 is 1.72 bits per heavy atom. The molecule has 0 aliphatic heterocycles. The monoisotopic (exact) mass is 260 g/mol. The molecular weight excluding hydrogens is 228 g/mol. The highest BCUT2D eigenvalue weighted by Gasteiger charge is 2.27. The standard InChI is InChI=1S/C14H32N2O2/c1-13(15-4)14(2,3)12-16(9-11-18-6)8-7-10-17-5/h13,15H,7-12H2,1-6H3. The van der Waals surface area contributed by atoms with Crippen LogP contribution in [0.1, 0.15) is 27.2 Å². The Labute approximate surface area is 113 Å². The minimum atomic E-state index is 0.246. The van der Waals surface area contributed by atoms with Crippen LogP contribution < -0.4 is 5.32 Å². The van der Waals surface area contributed by atoms with Crippen LogP contribution in [0.5, 0.6) is 0 Å². The molecule has 18 heavy (non-hydrogen) atoms. The largest absolute Gasteiger partial charge is 0.385 e. The Bertz CT molecular complexity index is 198. The molecule has 4 nitrogen and oxygen atoms in total. The molecule has 0 amide bonds. The molecule has 1 N–H and O–H groups in total. The molecule has 0 aromatic carbocycles. The van der Waals surface area contributed by atoms with E-state index in [1.54, 1.807) is 14.2 Å². The van der Waals surface area contributed by atoms with Gasteiger partial charge in [-0.15, -0.1) is 0 Å². The second kappa shape index (κ2) is 9.73. The number of nitrogens with one attached hydrogen (secondary N) is 1. The second-order valence-corrected chi connectivity index (χ2v) is 5.61. The van der Waals surface area contributed by atoms with Crippen LogP contribution in [0, 0.1) is 5.41 Å². The number of methoxy groups -OCH3 is 2. The molecule has 0 fully saturated rings. The molecule has 110 valence electrons. The van der Waals surface area contributed by atoms with E-state index >= 15 is 0 Å². The molecule has 0 saturated carbocycles. The molecule has 0 heterocycles. The van der Waals surface area contributed by atoms with E-state index in [0.29, 0.717) is 6.04 Å². The van der Waals surface area contributed by atoms with E-state index in [4.69, 9.17) is 9.47 Å². The third-order valence-corrected chi connectivity index (χ3v) is 3.67. The van der Waals surface area contributed by atoms with Gasteiger partial charge < -0.3 is 19.7 Å². The normalized spacial score (nSPS) is 14.2. The van der Waals surface area contributed by atoms with E-state index in [1.807, 2.05) is 7.05 Å². The van der Waals surface area contributed by atoms with E-state index in [2.05, 4.69) is 31.0 Å². The number of nitrogens with zero attached hydrogens (tertiary/aromatic N) is 1. The molecule has 0 radical (unpaired) electrons. The number of hydrogen-bond acceptors (Lipinski definition) is 4. The van der Waals surface area contributed by atoms with Gasteiger partial charge in [-0.1, -0.05) is 13.8 Å². The summed E-state index contributed by atoms with van der Waals surface area (Å²) in [4.78, 5) is 2.47. The summed E-state index contributed by atoms with van der Waals surface area (Å²) >= 11 is 0. The van der Waals surface area contributed by atoms with Crippen LogP contribution in [-0.4, -0.2) is 65.1 Å². The maximum absolute atomic E-state index is 5.19. The van der Waals surface area contributed by atoms with Gasteiger partial charge in [0.2, 0.25) is 0 Å². The van der Waals surface area contributed by atoms with Crippen LogP contribution in [-0.2, 0) is 9.47 Å². The van der Waals surface area contributed by atoms with Gasteiger partial charge >= 0.3 is 0 Å². The highest BCUT2D eigenvalue weighted by atomic mass is 16.5. The summed E-state index contributed by atoms with van der Waals surface area (Å²) in [5.41, 5.74) is 0.246. The van der Waals surface area contributed by atoms with Crippen LogP contribution >= 0.6 is 0 Å². The first-order valence-corrected chi connectivity index (χ1v) is 6.85. The summed E-state index contributed by atoms with van der Waals surface area (Å²) in [5.74, 6) is 0. The summed E-state index contributed by atoms with van der Waals surface area (Å²) in [5, 5.41) is 3.35. The Morgan fingerprint density at radius 1 is 1.11 bits per heavy atom. The molecular formula is C14H32N2O2. The Hall–Kier alpha value is -0.160. The first kappa shape index (κ1) is 17.8. The van der Waals surface area contributed by atoms with Gasteiger partial charge in [-0.2, -0.15) is 0 Å². The molecule has 0 spiro atoms. The molecule has 0 saturated heterocycles. The average molecular weight is 260 g/mol. The van der Waals surface area contributed by atoms with Gasteiger partial charge in [0.1, 0.15) is 0 Å². The van der Waals surface area contributed by atoms with Crippen molar-refractivity contribution in [3.63, 3.8) is 0 Å². The van der Waals surface area contributed by atoms with Gasteiger partial charge in [0.15, 0.2) is 0 Å². The van der Waals surface area contributed by atoms with Crippen molar-refractivity contribution in [2.24, 2.45) is 5.41 Å². The highest BCUT2D eigenvalue weighted by molar-refractivity contribution is 4.83. The van der Waals surface area contributed by atoms with Crippen molar-refractivity contribution >= 4 is 0 Å². The predicted molar refractivity (Wildman–Crippen MR) is 77.1 cm³/mol. The number of hydrogen-bond donors (Lipinski definition) is 1. The van der Waals surface area contributed by atoms with Crippen molar-refractivity contribution in [1.29, 1.82) is 0 Å². The average Bonchev–Trinajstić information content (AvgIpc) is 2.34. The van der Waals surface area contributed by atoms with Gasteiger partial charge in [0.05, 0.1) is 6.61 Å². The third-order valence-electron chi connectivity index (χ3n) is 3.67. The molecule has 4 heteroatoms. The zero-order chi connectivity index (χ0) is 14.0. The quantitative estimate of drug-likeness (QED) is 0.572. The second-order valence-electron chi connectivity index (χ2n) is 5.61. The number of ether oxygens (including phenoxy) is 2. The fourth-order valence-corrected chi connectivity index (χ4v) is 2.03. The zero-order valence-corrected chi connectivity index (χ0v) is 13.1. The van der Waals surface area contributed by atoms with Gasteiger partial charge in [-0.3, -0.25) is 0 Å². The molecule has 0 rings (SSSR count). The lowest BCUT2D eigenvalue weighted by molar-refractivity contribution is 0.0944. The SMILES string of the molecule is CNC(C)C(C)(C)CN(CCCOC)CCOC. The molecule has 0 aromatic heterocycles. The van der Waals surface area contributed by atoms with Crippen LogP contribution in [0.15, 0.2) is 0 Å². The molecule has 0 bridgehead atoms. The first-order valence-electron chi connectivity index (χ1n) is 6.85. The first-order chi connectivity index (χ1) is 8.47. The lowest BCUT2D eigenvalue weighted by atomic mass is 9.85. The molecule has 1 unspecified atom stereocenters. The van der Waals surface area contributed by atoms with Crippen molar-refractivity contribution in [3.8, 4) is 0 Å². The van der Waals surface area contributed by atoms with Crippen molar-refractivity contribution in [2.75, 3.05) is 54.1 Å². The van der Waals surface area contributed by atoms with Gasteiger partial charge in [-0.05, 0) is 25.8 Å². The van der Waals surface area contributed by atoms with E-state index in [0.717, 1.165) is 39.3 Å². The highest BCUT2D eigenvalue weighted by Crippen LogP contribution is 2.21. The number of rotatable bonds is 11. The molecule has 0 aromatic rings. The minimum Gasteiger partial charge on any atom is -0.385 e. The van der Waals surface area contributed by atoms with Crippen LogP contribution in [0.25, 0.3) is 0 Å². The van der Waals surface area contributed by atoms with Gasteiger partial charge in [0, 0.05) is 46.5 Å². The zero-order valence-electron chi connectivity index (χ0n) is 13.1. The lowest BCUT2D eigenvalue weighted by Crippen LogP contribution is -2.46. The Balaban J connectivity index is 4.27. The van der Waals surface area contributed by atoms with Crippen LogP contribution in [0.2, 0.25) is 0 Å². The van der Waals surface area contributed by atoms with Gasteiger partial charge in [0.25, 0.3) is 0 Å². The summed E-state index contributed by atoms with van der Waals surface area (Å²) in [6.07, 6.45) is 1.07. The van der Waals surface area contributed by atoms with Crippen molar-refractivity contribution in [3.05, 3.63) is 0 Å². The predicted octanol–water partition coefficient (Wildman–Crippen LogP) is 1.61. The van der Waals surface area contributed by atoms with Crippen molar-refractivity contribution in [2.45, 2.75) is 33.2 Å². The fourth-order valence-electron chi connectivity index (χ4n) is 2.03. The molecule has 0 aliphatic rings. The molecule has 1 atom stereocenters. The third kappa shape index (κ3) is 7.31. The summed E-state index contributed by atoms with van der Waals surface area (Å²) < 4.78 is 10.3. The van der Waals surface area contributed by atoms with E-state index in [1.165, 1.54) is 0 Å². The summed E-state index contributed by atoms with van der Waals surface area (Å²) in [6.45, 7) is 11.6. The lowest BCUT2D eigenvalue weighted by Gasteiger charge is -2.37. The van der Waals surface area contributed by atoms with E-state index in [9.17, 15) is 0 Å². The van der Waals surface area contributed by atoms with Crippen LogP contribution in [0.4, 0.5) is 0 Å². The fraction of sp³-hybridized carbons (Fsp3) is 1.00. The topological polar surface area (TPSA) is 33.7 Å². The van der Waals surface area contributed by atoms with Crippen molar-refractivity contribution < 1.29 is 9.47 Å². The van der Waals surface area contributed by atoms with Crippen LogP contribution in [0.3, 0.4) is 0 Å². The maximum atomic E-state index is 5.19. The smallest absolute Gasteiger partial charge is 0.0589 e. The summed E-state index contributed by atoms with van der Waals surface area (Å²) in [7, 11) is 5.54. The Morgan fingerprint density at radius 3 is 2.22 bits per heavy atom. The Kier molecular flexibility index (Phi) is 9.64. The minimum absolute atomic E-state index is 0.246. The van der Waals surface area contributed by atoms with E-state index in [-0.39, 0.29) is 5.41 Å². The molecule has 0 aliphatic carbocycles. The van der Waals surface area contributed by atoms with Gasteiger partial charge in [-0.25, -0.2) is 0 Å². The van der Waals surface area contributed by atoms with E-state index < -0.39 is 0 Å².